The number of amides is 4. The number of carboxylic acid groups (broad SMARTS) is 1. The smallest absolute Gasteiger partial charge is 0.341 e. The molecule has 0 spiro atoms. The molecule has 2 aliphatic heterocycles. The molecule has 0 aromatic heterocycles. The van der Waals surface area contributed by atoms with Crippen LogP contribution < -0.4 is 14.5 Å². The maximum absolute atomic E-state index is 13.9. The molecule has 0 atom stereocenters. The van der Waals surface area contributed by atoms with Crippen LogP contribution in [0.3, 0.4) is 0 Å². The lowest BCUT2D eigenvalue weighted by molar-refractivity contribution is -0.139. The van der Waals surface area contributed by atoms with Crippen molar-refractivity contribution in [1.82, 2.24) is 0 Å². The van der Waals surface area contributed by atoms with Crippen LogP contribution in [0.4, 0.5) is 11.4 Å². The van der Waals surface area contributed by atoms with Crippen LogP contribution in [0.25, 0.3) is 33.4 Å². The molecule has 0 saturated carbocycles. The molecule has 10 heteroatoms. The van der Waals surface area contributed by atoms with Crippen LogP contribution in [0, 0.1) is 0 Å². The van der Waals surface area contributed by atoms with E-state index < -0.39 is 24.4 Å². The number of aliphatic carboxylic acids is 1. The minimum atomic E-state index is -1.08. The average molecular weight is 880 g/mol. The molecule has 7 aromatic carbocycles. The van der Waals surface area contributed by atoms with E-state index in [1.807, 2.05) is 158 Å². The maximum atomic E-state index is 13.9. The lowest BCUT2D eigenvalue weighted by Gasteiger charge is -2.20. The number of benzene rings is 7. The van der Waals surface area contributed by atoms with Crippen LogP contribution in [0.5, 0.6) is 5.75 Å². The highest BCUT2D eigenvalue weighted by molar-refractivity contribution is 9.10. The fraction of sp³-hybridized carbons (Fsp3) is 0.0192. The van der Waals surface area contributed by atoms with E-state index in [0.29, 0.717) is 66.1 Å². The van der Waals surface area contributed by atoms with Gasteiger partial charge in [-0.15, -0.1) is 0 Å². The average Bonchev–Trinajstić information content (AvgIpc) is 3.73. The third-order valence-electron chi connectivity index (χ3n) is 10.2. The number of halogens is 1. The van der Waals surface area contributed by atoms with Crippen LogP contribution in [-0.2, 0) is 24.0 Å². The quantitative estimate of drug-likeness (QED) is 0.136. The van der Waals surface area contributed by atoms with Crippen molar-refractivity contribution in [2.75, 3.05) is 16.4 Å². The summed E-state index contributed by atoms with van der Waals surface area (Å²) in [5, 5.41) is 8.93. The molecule has 0 aliphatic carbocycles. The molecule has 302 valence electrons. The number of hydrogen-bond acceptors (Lipinski definition) is 6. The van der Waals surface area contributed by atoms with Crippen molar-refractivity contribution in [1.29, 1.82) is 0 Å². The number of nitrogens with zero attached hydrogens (tertiary/aromatic N) is 2. The first-order chi connectivity index (χ1) is 30.2. The highest BCUT2D eigenvalue weighted by atomic mass is 79.9. The number of para-hydroxylation sites is 2. The summed E-state index contributed by atoms with van der Waals surface area (Å²) in [6.45, 7) is -0.473. The monoisotopic (exact) mass is 878 g/mol. The minimum absolute atomic E-state index is 0.313. The molecule has 0 fully saturated rings. The minimum Gasteiger partial charge on any atom is -0.482 e. The van der Waals surface area contributed by atoms with Gasteiger partial charge in [-0.3, -0.25) is 19.2 Å². The highest BCUT2D eigenvalue weighted by Crippen LogP contribution is 2.43. The van der Waals surface area contributed by atoms with Gasteiger partial charge in [0, 0.05) is 10.0 Å². The van der Waals surface area contributed by atoms with Crippen molar-refractivity contribution in [3.05, 3.63) is 221 Å². The number of rotatable bonds is 10. The molecule has 0 radical (unpaired) electrons. The molecule has 4 amide bonds. The molecule has 2 aliphatic rings. The predicted molar refractivity (Wildman–Crippen MR) is 244 cm³/mol. The molecule has 1 N–H and O–H groups in total. The highest BCUT2D eigenvalue weighted by Gasteiger charge is 2.42. The Hall–Kier alpha value is -7.95. The van der Waals surface area contributed by atoms with Gasteiger partial charge in [-0.05, 0) is 74.1 Å². The Balaban J connectivity index is 0.000000180. The predicted octanol–water partition coefficient (Wildman–Crippen LogP) is 10.2. The first-order valence-corrected chi connectivity index (χ1v) is 20.3. The van der Waals surface area contributed by atoms with Crippen molar-refractivity contribution in [2.24, 2.45) is 0 Å². The van der Waals surface area contributed by atoms with Gasteiger partial charge in [0.25, 0.3) is 23.6 Å². The second-order valence-corrected chi connectivity index (χ2v) is 14.9. The number of ether oxygens (including phenoxy) is 1. The normalized spacial score (nSPS) is 13.7. The molecular weight excluding hydrogens is 844 g/mol. The summed E-state index contributed by atoms with van der Waals surface area (Å²) >= 11 is 3.45. The number of carboxylic acids is 1. The third kappa shape index (κ3) is 8.15. The number of carbonyl (C=O) groups excluding carboxylic acids is 4. The van der Waals surface area contributed by atoms with Crippen molar-refractivity contribution in [2.45, 2.75) is 0 Å². The van der Waals surface area contributed by atoms with Gasteiger partial charge < -0.3 is 9.84 Å². The second kappa shape index (κ2) is 18.1. The van der Waals surface area contributed by atoms with E-state index in [1.165, 1.54) is 9.80 Å². The Kier molecular flexibility index (Phi) is 11.9. The summed E-state index contributed by atoms with van der Waals surface area (Å²) in [5.41, 5.74) is 6.65. The largest absolute Gasteiger partial charge is 0.482 e. The molecular formula is C52H35BrN2O7. The Morgan fingerprint density at radius 1 is 0.435 bits per heavy atom. The van der Waals surface area contributed by atoms with E-state index in [1.54, 1.807) is 36.4 Å². The number of hydrogen-bond donors (Lipinski definition) is 1. The molecule has 9 nitrogen and oxygen atoms in total. The summed E-state index contributed by atoms with van der Waals surface area (Å²) in [5.74, 6) is -2.15. The topological polar surface area (TPSA) is 121 Å². The van der Waals surface area contributed by atoms with Gasteiger partial charge in [0.2, 0.25) is 0 Å². The SMILES string of the molecule is O=C(O)COc1cccc(-c2ccccc2N2C(=O)C(c3ccccc3)=C(c3ccccc3)C2=O)c1.O=C1C(c2ccccc2)=C(c2ccccc2)C(=O)N1c1ccccc1Br. The second-order valence-electron chi connectivity index (χ2n) is 14.0. The zero-order valence-corrected chi connectivity index (χ0v) is 34.4. The van der Waals surface area contributed by atoms with Crippen LogP contribution in [0.15, 0.2) is 199 Å². The molecule has 0 bridgehead atoms. The van der Waals surface area contributed by atoms with Gasteiger partial charge in [0.15, 0.2) is 6.61 Å². The standard InChI is InChI=1S/C30H21NO5.C22H14BrNO2/c32-26(33)19-36-23-15-9-14-22(18-23)24-16-7-8-17-25(24)31-29(34)27(20-10-3-1-4-11-20)28(30(31)35)21-12-5-2-6-13-21;23-17-13-7-8-14-18(17)24-21(25)19(15-9-3-1-4-10-15)20(22(24)26)16-11-5-2-6-12-16/h1-18H,19H2,(H,32,33);1-14H. The number of anilines is 2. The van der Waals surface area contributed by atoms with Crippen molar-refractivity contribution >= 4 is 79.2 Å². The maximum Gasteiger partial charge on any atom is 0.341 e. The van der Waals surface area contributed by atoms with Gasteiger partial charge >= 0.3 is 5.97 Å². The Bertz CT molecular complexity index is 2790. The molecule has 2 heterocycles. The Morgan fingerprint density at radius 2 is 0.790 bits per heavy atom. The molecule has 9 rings (SSSR count). The van der Waals surface area contributed by atoms with Gasteiger partial charge in [0.05, 0.1) is 33.7 Å². The van der Waals surface area contributed by atoms with Crippen LogP contribution >= 0.6 is 15.9 Å². The fourth-order valence-corrected chi connectivity index (χ4v) is 7.89. The van der Waals surface area contributed by atoms with Crippen LogP contribution in [0.1, 0.15) is 22.3 Å². The summed E-state index contributed by atoms with van der Waals surface area (Å²) in [7, 11) is 0. The first-order valence-electron chi connectivity index (χ1n) is 19.5. The summed E-state index contributed by atoms with van der Waals surface area (Å²) in [6.07, 6.45) is 0. The zero-order valence-electron chi connectivity index (χ0n) is 32.9. The zero-order chi connectivity index (χ0) is 43.2. The van der Waals surface area contributed by atoms with Gasteiger partial charge in [-0.2, -0.15) is 0 Å². The third-order valence-corrected chi connectivity index (χ3v) is 10.8. The fourth-order valence-electron chi connectivity index (χ4n) is 7.43. The number of imide groups is 2. The van der Waals surface area contributed by atoms with Crippen LogP contribution in [0.2, 0.25) is 0 Å². The lowest BCUT2D eigenvalue weighted by atomic mass is 9.96. The summed E-state index contributed by atoms with van der Waals surface area (Å²) < 4.78 is 6.03. The van der Waals surface area contributed by atoms with Gasteiger partial charge in [-0.25, -0.2) is 14.6 Å². The van der Waals surface area contributed by atoms with E-state index in [0.717, 1.165) is 11.1 Å². The van der Waals surface area contributed by atoms with E-state index in [4.69, 9.17) is 9.84 Å². The van der Waals surface area contributed by atoms with E-state index in [9.17, 15) is 24.0 Å². The molecule has 7 aromatic rings. The lowest BCUT2D eigenvalue weighted by Crippen LogP contribution is -2.31. The Labute approximate surface area is 365 Å². The van der Waals surface area contributed by atoms with Gasteiger partial charge in [0.1, 0.15) is 5.75 Å². The summed E-state index contributed by atoms with van der Waals surface area (Å²) in [6, 6.07) is 58.3. The van der Waals surface area contributed by atoms with E-state index in [2.05, 4.69) is 15.9 Å². The molecule has 62 heavy (non-hydrogen) atoms. The van der Waals surface area contributed by atoms with Crippen molar-refractivity contribution in [3.8, 4) is 16.9 Å². The first kappa shape index (κ1) is 40.8. The number of carbonyl (C=O) groups is 5. The van der Waals surface area contributed by atoms with Gasteiger partial charge in [-0.1, -0.05) is 164 Å². The van der Waals surface area contributed by atoms with E-state index >= 15 is 0 Å². The Morgan fingerprint density at radius 3 is 1.21 bits per heavy atom. The molecule has 0 unspecified atom stereocenters. The summed E-state index contributed by atoms with van der Waals surface area (Å²) in [4.78, 5) is 67.7. The van der Waals surface area contributed by atoms with Crippen molar-refractivity contribution < 1.29 is 33.8 Å². The molecule has 0 saturated heterocycles. The van der Waals surface area contributed by atoms with E-state index in [-0.39, 0.29) is 11.8 Å². The van der Waals surface area contributed by atoms with Crippen LogP contribution in [-0.4, -0.2) is 41.3 Å². The van der Waals surface area contributed by atoms with Crippen molar-refractivity contribution in [3.63, 3.8) is 0 Å².